The van der Waals surface area contributed by atoms with Gasteiger partial charge in [0, 0.05) is 24.2 Å². The van der Waals surface area contributed by atoms with Crippen LogP contribution < -0.4 is 11.1 Å². The number of H-pyrrole nitrogens is 1. The molecule has 0 radical (unpaired) electrons. The van der Waals surface area contributed by atoms with Crippen LogP contribution in [0.2, 0.25) is 0 Å². The minimum absolute atomic E-state index is 0.0910. The number of aryl methyl sites for hydroxylation is 2. The van der Waals surface area contributed by atoms with Crippen LogP contribution in [0.3, 0.4) is 0 Å². The highest BCUT2D eigenvalue weighted by Gasteiger charge is 2.31. The minimum atomic E-state index is -0.245. The predicted octanol–water partition coefficient (Wildman–Crippen LogP) is 1.43. The van der Waals surface area contributed by atoms with Gasteiger partial charge >= 0.3 is 0 Å². The molecule has 0 spiro atoms. The number of hydrogen-bond donors (Lipinski definition) is 3. The van der Waals surface area contributed by atoms with E-state index in [-0.39, 0.29) is 11.4 Å². The molecule has 0 bridgehead atoms. The smallest absolute Gasteiger partial charge is 0.221 e. The van der Waals surface area contributed by atoms with E-state index in [2.05, 4.69) is 15.5 Å². The summed E-state index contributed by atoms with van der Waals surface area (Å²) in [7, 11) is 0. The average molecular weight is 264 g/mol. The topological polar surface area (TPSA) is 83.8 Å². The number of nitrogens with two attached hydrogens (primary N) is 1. The lowest BCUT2D eigenvalue weighted by Crippen LogP contribution is -2.42. The molecule has 0 unspecified atom stereocenters. The Hall–Kier alpha value is -1.36. The molecule has 5 nitrogen and oxygen atoms in total. The molecule has 1 fully saturated rings. The van der Waals surface area contributed by atoms with Crippen LogP contribution in [0.5, 0.6) is 0 Å². The normalized spacial score (nSPS) is 17.6. The first-order chi connectivity index (χ1) is 9.09. The molecule has 4 N–H and O–H groups in total. The molecule has 0 aliphatic heterocycles. The highest BCUT2D eigenvalue weighted by molar-refractivity contribution is 5.77. The highest BCUT2D eigenvalue weighted by atomic mass is 16.1. The lowest BCUT2D eigenvalue weighted by molar-refractivity contribution is -0.122. The molecule has 0 saturated heterocycles. The lowest BCUT2D eigenvalue weighted by atomic mass is 9.94. The number of nitrogens with zero attached hydrogens (tertiary/aromatic N) is 1. The van der Waals surface area contributed by atoms with Gasteiger partial charge in [0.15, 0.2) is 0 Å². The second-order valence-corrected chi connectivity index (χ2v) is 5.72. The lowest BCUT2D eigenvalue weighted by Gasteiger charge is -2.22. The Bertz CT molecular complexity index is 421. The standard InChI is InChI=1S/C14H24N4O/c1-11-12(10-17-18-11)5-4-8-16-13(19)9-14(15)6-2-3-7-14/h10H,2-9,15H2,1H3,(H,16,19)(H,17,18). The highest BCUT2D eigenvalue weighted by Crippen LogP contribution is 2.29. The monoisotopic (exact) mass is 264 g/mol. The summed E-state index contributed by atoms with van der Waals surface area (Å²) in [5.74, 6) is 0.0910. The molecule has 1 aliphatic rings. The number of rotatable bonds is 6. The van der Waals surface area contributed by atoms with Gasteiger partial charge in [0.2, 0.25) is 5.91 Å². The van der Waals surface area contributed by atoms with Gasteiger partial charge in [-0.25, -0.2) is 0 Å². The first-order valence-corrected chi connectivity index (χ1v) is 7.13. The van der Waals surface area contributed by atoms with Gasteiger partial charge in [-0.2, -0.15) is 5.10 Å². The van der Waals surface area contributed by atoms with Crippen LogP contribution in [0.1, 0.15) is 49.8 Å². The molecule has 1 aromatic rings. The molecular weight excluding hydrogens is 240 g/mol. The van der Waals surface area contributed by atoms with Crippen molar-refractivity contribution in [3.05, 3.63) is 17.5 Å². The number of aromatic nitrogens is 2. The number of carbonyl (C=O) groups is 1. The summed E-state index contributed by atoms with van der Waals surface area (Å²) in [6, 6.07) is 0. The van der Waals surface area contributed by atoms with Gasteiger partial charge in [-0.15, -0.1) is 0 Å². The van der Waals surface area contributed by atoms with Crippen molar-refractivity contribution in [2.75, 3.05) is 6.54 Å². The molecule has 1 heterocycles. The van der Waals surface area contributed by atoms with Gasteiger partial charge in [-0.3, -0.25) is 9.89 Å². The second kappa shape index (κ2) is 6.19. The number of aromatic amines is 1. The summed E-state index contributed by atoms with van der Waals surface area (Å²) in [4.78, 5) is 11.8. The Morgan fingerprint density at radius 2 is 2.26 bits per heavy atom. The third-order valence-corrected chi connectivity index (χ3v) is 3.99. The third-order valence-electron chi connectivity index (χ3n) is 3.99. The van der Waals surface area contributed by atoms with Crippen LogP contribution in [0.15, 0.2) is 6.20 Å². The van der Waals surface area contributed by atoms with Crippen molar-refractivity contribution in [3.8, 4) is 0 Å². The SMILES string of the molecule is Cc1[nH]ncc1CCCNC(=O)CC1(N)CCCC1. The van der Waals surface area contributed by atoms with Crippen molar-refractivity contribution >= 4 is 5.91 Å². The van der Waals surface area contributed by atoms with Crippen LogP contribution >= 0.6 is 0 Å². The molecule has 0 atom stereocenters. The van der Waals surface area contributed by atoms with E-state index >= 15 is 0 Å². The fourth-order valence-corrected chi connectivity index (χ4v) is 2.77. The summed E-state index contributed by atoms with van der Waals surface area (Å²) < 4.78 is 0. The molecule has 106 valence electrons. The Labute approximate surface area is 114 Å². The Kier molecular flexibility index (Phi) is 4.58. The van der Waals surface area contributed by atoms with Gasteiger partial charge in [0.1, 0.15) is 0 Å². The van der Waals surface area contributed by atoms with Crippen LogP contribution in [0, 0.1) is 6.92 Å². The van der Waals surface area contributed by atoms with Crippen LogP contribution in [-0.2, 0) is 11.2 Å². The minimum Gasteiger partial charge on any atom is -0.356 e. The summed E-state index contributed by atoms with van der Waals surface area (Å²) in [6.45, 7) is 2.72. The van der Waals surface area contributed by atoms with E-state index in [0.717, 1.165) is 44.2 Å². The van der Waals surface area contributed by atoms with E-state index in [4.69, 9.17) is 5.73 Å². The van der Waals surface area contributed by atoms with Gasteiger partial charge in [-0.05, 0) is 38.2 Å². The Morgan fingerprint density at radius 3 is 2.89 bits per heavy atom. The maximum Gasteiger partial charge on any atom is 0.221 e. The first-order valence-electron chi connectivity index (χ1n) is 7.13. The zero-order chi connectivity index (χ0) is 13.7. The van der Waals surface area contributed by atoms with Crippen molar-refractivity contribution < 1.29 is 4.79 Å². The summed E-state index contributed by atoms with van der Waals surface area (Å²) in [6.07, 6.45) is 8.47. The molecule has 5 heteroatoms. The maximum atomic E-state index is 11.8. The van der Waals surface area contributed by atoms with E-state index in [1.165, 1.54) is 5.56 Å². The fraction of sp³-hybridized carbons (Fsp3) is 0.714. The number of nitrogens with one attached hydrogen (secondary N) is 2. The molecule has 1 aliphatic carbocycles. The van der Waals surface area contributed by atoms with Crippen LogP contribution in [0.4, 0.5) is 0 Å². The molecule has 0 aromatic carbocycles. The van der Waals surface area contributed by atoms with Crippen molar-refractivity contribution in [1.29, 1.82) is 0 Å². The summed E-state index contributed by atoms with van der Waals surface area (Å²) in [5, 5.41) is 9.87. The van der Waals surface area contributed by atoms with Crippen molar-refractivity contribution in [2.24, 2.45) is 5.73 Å². The number of hydrogen-bond acceptors (Lipinski definition) is 3. The average Bonchev–Trinajstić information content (AvgIpc) is 2.94. The largest absolute Gasteiger partial charge is 0.356 e. The van der Waals surface area contributed by atoms with Gasteiger partial charge in [0.25, 0.3) is 0 Å². The van der Waals surface area contributed by atoms with Crippen molar-refractivity contribution in [2.45, 2.75) is 57.4 Å². The third kappa shape index (κ3) is 4.06. The summed E-state index contributed by atoms with van der Waals surface area (Å²) >= 11 is 0. The molecule has 1 saturated carbocycles. The number of carbonyl (C=O) groups excluding carboxylic acids is 1. The first kappa shape index (κ1) is 14.1. The van der Waals surface area contributed by atoms with Crippen LogP contribution in [0.25, 0.3) is 0 Å². The predicted molar refractivity (Wildman–Crippen MR) is 74.7 cm³/mol. The van der Waals surface area contributed by atoms with E-state index in [0.29, 0.717) is 13.0 Å². The van der Waals surface area contributed by atoms with Crippen molar-refractivity contribution in [3.63, 3.8) is 0 Å². The molecule has 19 heavy (non-hydrogen) atoms. The Morgan fingerprint density at radius 1 is 1.53 bits per heavy atom. The quantitative estimate of drug-likeness (QED) is 0.680. The second-order valence-electron chi connectivity index (χ2n) is 5.72. The zero-order valence-corrected chi connectivity index (χ0v) is 11.7. The zero-order valence-electron chi connectivity index (χ0n) is 11.7. The Balaban J connectivity index is 1.63. The fourth-order valence-electron chi connectivity index (χ4n) is 2.77. The van der Waals surface area contributed by atoms with E-state index in [9.17, 15) is 4.79 Å². The summed E-state index contributed by atoms with van der Waals surface area (Å²) in [5.41, 5.74) is 8.28. The van der Waals surface area contributed by atoms with Gasteiger partial charge in [0.05, 0.1) is 6.20 Å². The van der Waals surface area contributed by atoms with Gasteiger partial charge < -0.3 is 11.1 Å². The molecule has 1 aromatic heterocycles. The molecule has 2 rings (SSSR count). The van der Waals surface area contributed by atoms with Crippen molar-refractivity contribution in [1.82, 2.24) is 15.5 Å². The molecular formula is C14H24N4O. The maximum absolute atomic E-state index is 11.8. The van der Waals surface area contributed by atoms with E-state index < -0.39 is 0 Å². The van der Waals surface area contributed by atoms with E-state index in [1.807, 2.05) is 13.1 Å². The number of amides is 1. The van der Waals surface area contributed by atoms with E-state index in [1.54, 1.807) is 0 Å². The molecule has 1 amide bonds. The van der Waals surface area contributed by atoms with Crippen LogP contribution in [-0.4, -0.2) is 28.2 Å². The van der Waals surface area contributed by atoms with Gasteiger partial charge in [-0.1, -0.05) is 12.8 Å².